The van der Waals surface area contributed by atoms with Crippen LogP contribution in [0.25, 0.3) is 0 Å². The summed E-state index contributed by atoms with van der Waals surface area (Å²) in [6.45, 7) is 9.21. The number of carbonyl (C=O) groups is 1. The molecule has 0 amide bonds. The van der Waals surface area contributed by atoms with Crippen LogP contribution < -0.4 is 0 Å². The van der Waals surface area contributed by atoms with Crippen molar-refractivity contribution in [2.24, 2.45) is 0 Å². The van der Waals surface area contributed by atoms with Gasteiger partial charge in [-0.15, -0.1) is 0 Å². The van der Waals surface area contributed by atoms with Gasteiger partial charge in [-0.1, -0.05) is 24.8 Å². The molecule has 0 N–H and O–H groups in total. The van der Waals surface area contributed by atoms with E-state index in [9.17, 15) is 4.79 Å². The van der Waals surface area contributed by atoms with Gasteiger partial charge in [-0.2, -0.15) is 0 Å². The number of hydrogen-bond acceptors (Lipinski definition) is 3. The van der Waals surface area contributed by atoms with Gasteiger partial charge in [-0.3, -0.25) is 0 Å². The fourth-order valence-electron chi connectivity index (χ4n) is 1.66. The Morgan fingerprint density at radius 2 is 1.94 bits per heavy atom. The summed E-state index contributed by atoms with van der Waals surface area (Å²) in [6, 6.07) is 7.26. The van der Waals surface area contributed by atoms with Crippen LogP contribution in [0.1, 0.15) is 42.8 Å². The Morgan fingerprint density at radius 1 is 1.29 bits per heavy atom. The molecule has 0 saturated heterocycles. The summed E-state index contributed by atoms with van der Waals surface area (Å²) in [6.07, 6.45) is 1.09. The van der Waals surface area contributed by atoms with Gasteiger partial charge in [-0.25, -0.2) is 4.79 Å². The maximum absolute atomic E-state index is 11.7. The summed E-state index contributed by atoms with van der Waals surface area (Å²) in [5, 5.41) is 0. The molecule has 0 aliphatic carbocycles. The average molecular weight is 234 g/mol. The predicted octanol–water partition coefficient (Wildman–Crippen LogP) is 3.47. The Morgan fingerprint density at radius 3 is 2.53 bits per heavy atom. The molecule has 0 fully saturated rings. The van der Waals surface area contributed by atoms with Gasteiger partial charge in [0.15, 0.2) is 0 Å². The van der Waals surface area contributed by atoms with Crippen molar-refractivity contribution in [3.63, 3.8) is 0 Å². The molecular formula is C14H18O3. The van der Waals surface area contributed by atoms with Crippen molar-refractivity contribution in [3.05, 3.63) is 48.2 Å². The van der Waals surface area contributed by atoms with E-state index < -0.39 is 5.97 Å². The zero-order valence-corrected chi connectivity index (χ0v) is 10.5. The van der Waals surface area contributed by atoms with Crippen LogP contribution in [0.4, 0.5) is 0 Å². The maximum atomic E-state index is 11.7. The highest BCUT2D eigenvalue weighted by Gasteiger charge is 2.17. The molecule has 0 saturated carbocycles. The molecular weight excluding hydrogens is 216 g/mol. The summed E-state index contributed by atoms with van der Waals surface area (Å²) in [4.78, 5) is 11.7. The lowest BCUT2D eigenvalue weighted by molar-refractivity contribution is 0.0167. The Bertz CT molecular complexity index is 396. The third kappa shape index (κ3) is 3.71. The van der Waals surface area contributed by atoms with E-state index in [4.69, 9.17) is 9.47 Å². The van der Waals surface area contributed by atoms with Crippen LogP contribution in [0.2, 0.25) is 0 Å². The van der Waals surface area contributed by atoms with Crippen molar-refractivity contribution in [1.29, 1.82) is 0 Å². The van der Waals surface area contributed by atoms with Crippen LogP contribution in [0, 0.1) is 0 Å². The van der Waals surface area contributed by atoms with E-state index in [0.29, 0.717) is 5.56 Å². The van der Waals surface area contributed by atoms with Gasteiger partial charge in [0.05, 0.1) is 24.0 Å². The minimum atomic E-state index is -0.408. The van der Waals surface area contributed by atoms with Crippen LogP contribution in [0.3, 0.4) is 0 Å². The van der Waals surface area contributed by atoms with Crippen LogP contribution in [-0.2, 0) is 9.47 Å². The van der Waals surface area contributed by atoms with Gasteiger partial charge in [0.25, 0.3) is 0 Å². The fraction of sp³-hybridized carbons (Fsp3) is 0.357. The first-order valence-electron chi connectivity index (χ1n) is 5.62. The predicted molar refractivity (Wildman–Crippen MR) is 66.7 cm³/mol. The van der Waals surface area contributed by atoms with Crippen LogP contribution in [0.15, 0.2) is 37.1 Å². The molecule has 1 aromatic carbocycles. The average Bonchev–Trinajstić information content (AvgIpc) is 2.28. The second kappa shape index (κ2) is 6.21. The van der Waals surface area contributed by atoms with Crippen molar-refractivity contribution in [1.82, 2.24) is 0 Å². The zero-order valence-electron chi connectivity index (χ0n) is 10.5. The highest BCUT2D eigenvalue weighted by atomic mass is 16.5. The Balaban J connectivity index is 2.98. The Hall–Kier alpha value is -1.61. The van der Waals surface area contributed by atoms with Crippen LogP contribution in [0.5, 0.6) is 0 Å². The SMILES string of the molecule is C=COC(=O)c1ccccc1C(C)OC(C)C. The fourth-order valence-corrected chi connectivity index (χ4v) is 1.66. The third-order valence-electron chi connectivity index (χ3n) is 2.29. The summed E-state index contributed by atoms with van der Waals surface area (Å²) in [5.74, 6) is -0.408. The van der Waals surface area contributed by atoms with E-state index in [0.717, 1.165) is 11.8 Å². The summed E-state index contributed by atoms with van der Waals surface area (Å²) < 4.78 is 10.5. The van der Waals surface area contributed by atoms with E-state index in [1.807, 2.05) is 32.9 Å². The van der Waals surface area contributed by atoms with Gasteiger partial charge in [0.1, 0.15) is 0 Å². The summed E-state index contributed by atoms with van der Waals surface area (Å²) in [5.41, 5.74) is 1.34. The molecule has 0 aromatic heterocycles. The van der Waals surface area contributed by atoms with E-state index in [1.54, 1.807) is 12.1 Å². The molecule has 0 bridgehead atoms. The van der Waals surface area contributed by atoms with E-state index in [1.165, 1.54) is 0 Å². The topological polar surface area (TPSA) is 35.5 Å². The van der Waals surface area contributed by atoms with Crippen molar-refractivity contribution < 1.29 is 14.3 Å². The molecule has 3 heteroatoms. The van der Waals surface area contributed by atoms with Crippen molar-refractivity contribution in [2.75, 3.05) is 0 Å². The molecule has 1 unspecified atom stereocenters. The monoisotopic (exact) mass is 234 g/mol. The second-order valence-electron chi connectivity index (χ2n) is 3.99. The number of benzene rings is 1. The lowest BCUT2D eigenvalue weighted by Crippen LogP contribution is -2.12. The van der Waals surface area contributed by atoms with E-state index in [2.05, 4.69) is 6.58 Å². The smallest absolute Gasteiger partial charge is 0.343 e. The standard InChI is InChI=1S/C14H18O3/c1-5-16-14(15)13-9-7-6-8-12(13)11(4)17-10(2)3/h5-11H,1H2,2-4H3. The molecule has 92 valence electrons. The highest BCUT2D eigenvalue weighted by Crippen LogP contribution is 2.23. The quantitative estimate of drug-likeness (QED) is 0.578. The summed E-state index contributed by atoms with van der Waals surface area (Å²) >= 11 is 0. The van der Waals surface area contributed by atoms with Gasteiger partial charge in [0, 0.05) is 0 Å². The lowest BCUT2D eigenvalue weighted by Gasteiger charge is -2.18. The summed E-state index contributed by atoms with van der Waals surface area (Å²) in [7, 11) is 0. The zero-order chi connectivity index (χ0) is 12.8. The molecule has 0 heterocycles. The molecule has 3 nitrogen and oxygen atoms in total. The number of esters is 1. The minimum Gasteiger partial charge on any atom is -0.432 e. The van der Waals surface area contributed by atoms with Gasteiger partial charge in [-0.05, 0) is 32.4 Å². The van der Waals surface area contributed by atoms with Crippen LogP contribution in [-0.4, -0.2) is 12.1 Å². The van der Waals surface area contributed by atoms with Crippen molar-refractivity contribution in [3.8, 4) is 0 Å². The molecule has 1 rings (SSSR count). The first kappa shape index (κ1) is 13.5. The van der Waals surface area contributed by atoms with Gasteiger partial charge >= 0.3 is 5.97 Å². The molecule has 0 aliphatic heterocycles. The molecule has 1 aromatic rings. The first-order valence-corrected chi connectivity index (χ1v) is 5.62. The third-order valence-corrected chi connectivity index (χ3v) is 2.29. The lowest BCUT2D eigenvalue weighted by atomic mass is 10.0. The van der Waals surface area contributed by atoms with E-state index in [-0.39, 0.29) is 12.2 Å². The number of ether oxygens (including phenoxy) is 2. The van der Waals surface area contributed by atoms with Gasteiger partial charge < -0.3 is 9.47 Å². The number of rotatable bonds is 5. The van der Waals surface area contributed by atoms with Crippen LogP contribution >= 0.6 is 0 Å². The molecule has 0 aliphatic rings. The molecule has 0 radical (unpaired) electrons. The van der Waals surface area contributed by atoms with E-state index >= 15 is 0 Å². The second-order valence-corrected chi connectivity index (χ2v) is 3.99. The van der Waals surface area contributed by atoms with Gasteiger partial charge in [0.2, 0.25) is 0 Å². The minimum absolute atomic E-state index is 0.105. The number of hydrogen-bond donors (Lipinski definition) is 0. The molecule has 17 heavy (non-hydrogen) atoms. The maximum Gasteiger partial charge on any atom is 0.343 e. The Kier molecular flexibility index (Phi) is 4.91. The first-order chi connectivity index (χ1) is 8.06. The van der Waals surface area contributed by atoms with Crippen molar-refractivity contribution in [2.45, 2.75) is 33.0 Å². The molecule has 1 atom stereocenters. The highest BCUT2D eigenvalue weighted by molar-refractivity contribution is 5.91. The number of carbonyl (C=O) groups excluding carboxylic acids is 1. The molecule has 0 spiro atoms. The van der Waals surface area contributed by atoms with Crippen molar-refractivity contribution >= 4 is 5.97 Å². The Labute approximate surface area is 102 Å². The normalized spacial score (nSPS) is 12.2. The largest absolute Gasteiger partial charge is 0.432 e.